The number of hydrogen-bond acceptors (Lipinski definition) is 3. The molecule has 0 aliphatic carbocycles. The molecule has 0 amide bonds. The Kier molecular flexibility index (Phi) is 4.20. The van der Waals surface area contributed by atoms with Gasteiger partial charge in [-0.05, 0) is 24.5 Å². The number of nitriles is 1. The molecule has 0 fully saturated rings. The van der Waals surface area contributed by atoms with Crippen molar-refractivity contribution in [2.75, 3.05) is 6.61 Å². The standard InChI is InChI=1S/C11H10N2O/c12-8-10-5-6-11(13-9-10)4-2-1-3-7-14/h5-6,9,14H,1,3,7H2. The number of aromatic nitrogens is 1. The SMILES string of the molecule is N#Cc1ccc(C#CCCCO)nc1. The fraction of sp³-hybridized carbons (Fsp3) is 0.273. The van der Waals surface area contributed by atoms with Crippen molar-refractivity contribution in [1.82, 2.24) is 4.98 Å². The van der Waals surface area contributed by atoms with Gasteiger partial charge in [-0.1, -0.05) is 5.92 Å². The molecule has 3 nitrogen and oxygen atoms in total. The normalized spacial score (nSPS) is 8.57. The van der Waals surface area contributed by atoms with E-state index in [1.54, 1.807) is 12.1 Å². The van der Waals surface area contributed by atoms with E-state index in [0.717, 1.165) is 0 Å². The molecular weight excluding hydrogens is 176 g/mol. The van der Waals surface area contributed by atoms with Crippen molar-refractivity contribution in [3.8, 4) is 17.9 Å². The number of rotatable bonds is 2. The van der Waals surface area contributed by atoms with Gasteiger partial charge in [0.15, 0.2) is 0 Å². The first kappa shape index (κ1) is 10.2. The highest BCUT2D eigenvalue weighted by Crippen LogP contribution is 1.97. The van der Waals surface area contributed by atoms with Gasteiger partial charge in [0, 0.05) is 19.2 Å². The summed E-state index contributed by atoms with van der Waals surface area (Å²) in [4.78, 5) is 3.99. The van der Waals surface area contributed by atoms with Crippen LogP contribution in [0.25, 0.3) is 0 Å². The van der Waals surface area contributed by atoms with Gasteiger partial charge in [0.05, 0.1) is 5.56 Å². The predicted molar refractivity (Wildman–Crippen MR) is 52.1 cm³/mol. The number of aliphatic hydroxyl groups excluding tert-OH is 1. The Morgan fingerprint density at radius 2 is 2.29 bits per heavy atom. The molecule has 0 aliphatic heterocycles. The lowest BCUT2D eigenvalue weighted by Gasteiger charge is -1.89. The Labute approximate surface area is 83.0 Å². The summed E-state index contributed by atoms with van der Waals surface area (Å²) >= 11 is 0. The Morgan fingerprint density at radius 1 is 1.43 bits per heavy atom. The Balaban J connectivity index is 2.59. The van der Waals surface area contributed by atoms with E-state index in [1.165, 1.54) is 6.20 Å². The van der Waals surface area contributed by atoms with Crippen LogP contribution in [-0.2, 0) is 0 Å². The fourth-order valence-electron chi connectivity index (χ4n) is 0.854. The van der Waals surface area contributed by atoms with E-state index in [4.69, 9.17) is 10.4 Å². The van der Waals surface area contributed by atoms with Crippen LogP contribution >= 0.6 is 0 Å². The van der Waals surface area contributed by atoms with E-state index >= 15 is 0 Å². The highest BCUT2D eigenvalue weighted by Gasteiger charge is 1.89. The molecule has 0 saturated heterocycles. The van der Waals surface area contributed by atoms with E-state index in [-0.39, 0.29) is 6.61 Å². The number of unbranched alkanes of at least 4 members (excludes halogenated alkanes) is 1. The van der Waals surface area contributed by atoms with Gasteiger partial charge in [-0.2, -0.15) is 5.26 Å². The van der Waals surface area contributed by atoms with Crippen LogP contribution in [0.4, 0.5) is 0 Å². The molecule has 0 spiro atoms. The molecule has 3 heteroatoms. The van der Waals surface area contributed by atoms with E-state index in [2.05, 4.69) is 16.8 Å². The van der Waals surface area contributed by atoms with E-state index in [0.29, 0.717) is 24.1 Å². The van der Waals surface area contributed by atoms with Gasteiger partial charge in [0.1, 0.15) is 11.8 Å². The third-order valence-electron chi connectivity index (χ3n) is 1.57. The number of nitrogens with zero attached hydrogens (tertiary/aromatic N) is 2. The van der Waals surface area contributed by atoms with Crippen molar-refractivity contribution >= 4 is 0 Å². The van der Waals surface area contributed by atoms with Crippen molar-refractivity contribution < 1.29 is 5.11 Å². The van der Waals surface area contributed by atoms with Crippen LogP contribution in [0.15, 0.2) is 18.3 Å². The van der Waals surface area contributed by atoms with Crippen LogP contribution in [0.1, 0.15) is 24.1 Å². The van der Waals surface area contributed by atoms with Crippen LogP contribution in [0, 0.1) is 23.2 Å². The zero-order valence-corrected chi connectivity index (χ0v) is 7.70. The molecule has 0 aliphatic rings. The van der Waals surface area contributed by atoms with Crippen molar-refractivity contribution in [3.05, 3.63) is 29.6 Å². The second kappa shape index (κ2) is 5.75. The number of pyridine rings is 1. The lowest BCUT2D eigenvalue weighted by atomic mass is 10.2. The topological polar surface area (TPSA) is 56.9 Å². The molecule has 0 atom stereocenters. The minimum absolute atomic E-state index is 0.162. The van der Waals surface area contributed by atoms with Crippen molar-refractivity contribution in [1.29, 1.82) is 5.26 Å². The second-order valence-electron chi connectivity index (χ2n) is 2.67. The molecule has 0 radical (unpaired) electrons. The minimum Gasteiger partial charge on any atom is -0.396 e. The molecular formula is C11H10N2O. The molecule has 0 aromatic carbocycles. The van der Waals surface area contributed by atoms with Crippen molar-refractivity contribution in [2.45, 2.75) is 12.8 Å². The zero-order valence-electron chi connectivity index (χ0n) is 7.70. The lowest BCUT2D eigenvalue weighted by molar-refractivity contribution is 0.290. The summed E-state index contributed by atoms with van der Waals surface area (Å²) in [6, 6.07) is 5.38. The molecule has 0 bridgehead atoms. The third-order valence-corrected chi connectivity index (χ3v) is 1.57. The summed E-state index contributed by atoms with van der Waals surface area (Å²) in [7, 11) is 0. The summed E-state index contributed by atoms with van der Waals surface area (Å²) in [6.45, 7) is 0.162. The Bertz CT molecular complexity index is 378. The summed E-state index contributed by atoms with van der Waals surface area (Å²) in [5.41, 5.74) is 1.19. The maximum absolute atomic E-state index is 8.52. The van der Waals surface area contributed by atoms with Gasteiger partial charge < -0.3 is 5.11 Å². The smallest absolute Gasteiger partial charge is 0.113 e. The van der Waals surface area contributed by atoms with Crippen molar-refractivity contribution in [2.24, 2.45) is 0 Å². The first-order chi connectivity index (χ1) is 6.86. The zero-order chi connectivity index (χ0) is 10.2. The number of hydrogen-bond donors (Lipinski definition) is 1. The molecule has 1 aromatic heterocycles. The molecule has 70 valence electrons. The molecule has 1 N–H and O–H groups in total. The fourth-order valence-corrected chi connectivity index (χ4v) is 0.854. The van der Waals surface area contributed by atoms with E-state index in [1.807, 2.05) is 6.07 Å². The summed E-state index contributed by atoms with van der Waals surface area (Å²) in [5.74, 6) is 5.73. The summed E-state index contributed by atoms with van der Waals surface area (Å²) in [5, 5.41) is 17.0. The molecule has 14 heavy (non-hydrogen) atoms. The average Bonchev–Trinajstić information content (AvgIpc) is 2.25. The van der Waals surface area contributed by atoms with Crippen LogP contribution in [-0.4, -0.2) is 16.7 Å². The van der Waals surface area contributed by atoms with Gasteiger partial charge in [0.2, 0.25) is 0 Å². The second-order valence-corrected chi connectivity index (χ2v) is 2.67. The molecule has 0 unspecified atom stereocenters. The maximum atomic E-state index is 8.52. The molecule has 1 heterocycles. The predicted octanol–water partition coefficient (Wildman–Crippen LogP) is 1.08. The monoisotopic (exact) mass is 186 g/mol. The van der Waals surface area contributed by atoms with E-state index < -0.39 is 0 Å². The quantitative estimate of drug-likeness (QED) is 0.555. The lowest BCUT2D eigenvalue weighted by Crippen LogP contribution is -1.83. The Morgan fingerprint density at radius 3 is 2.86 bits per heavy atom. The Hall–Kier alpha value is -1.84. The van der Waals surface area contributed by atoms with Gasteiger partial charge in [-0.15, -0.1) is 0 Å². The average molecular weight is 186 g/mol. The van der Waals surface area contributed by atoms with Crippen LogP contribution in [0.2, 0.25) is 0 Å². The highest BCUT2D eigenvalue weighted by molar-refractivity contribution is 5.33. The minimum atomic E-state index is 0.162. The highest BCUT2D eigenvalue weighted by atomic mass is 16.2. The molecule has 1 aromatic rings. The molecule has 0 saturated carbocycles. The first-order valence-corrected chi connectivity index (χ1v) is 4.32. The summed E-state index contributed by atoms with van der Waals surface area (Å²) < 4.78 is 0. The van der Waals surface area contributed by atoms with Crippen LogP contribution in [0.5, 0.6) is 0 Å². The van der Waals surface area contributed by atoms with Crippen LogP contribution < -0.4 is 0 Å². The van der Waals surface area contributed by atoms with Gasteiger partial charge >= 0.3 is 0 Å². The van der Waals surface area contributed by atoms with E-state index in [9.17, 15) is 0 Å². The first-order valence-electron chi connectivity index (χ1n) is 4.32. The van der Waals surface area contributed by atoms with Crippen LogP contribution in [0.3, 0.4) is 0 Å². The van der Waals surface area contributed by atoms with Gasteiger partial charge in [-0.3, -0.25) is 0 Å². The number of aliphatic hydroxyl groups is 1. The third kappa shape index (κ3) is 3.26. The van der Waals surface area contributed by atoms with Gasteiger partial charge in [-0.25, -0.2) is 4.98 Å². The molecule has 1 rings (SSSR count). The largest absolute Gasteiger partial charge is 0.396 e. The summed E-state index contributed by atoms with van der Waals surface area (Å²) in [6.07, 6.45) is 2.84. The van der Waals surface area contributed by atoms with Gasteiger partial charge in [0.25, 0.3) is 0 Å². The maximum Gasteiger partial charge on any atom is 0.113 e. The van der Waals surface area contributed by atoms with Crippen molar-refractivity contribution in [3.63, 3.8) is 0 Å².